The molecule has 0 spiro atoms. The summed E-state index contributed by atoms with van der Waals surface area (Å²) in [5.74, 6) is 0. The molecule has 0 radical (unpaired) electrons. The van der Waals surface area contributed by atoms with E-state index in [-0.39, 0.29) is 0 Å². The summed E-state index contributed by atoms with van der Waals surface area (Å²) in [5.41, 5.74) is 0. The van der Waals surface area contributed by atoms with Crippen molar-refractivity contribution in [1.82, 2.24) is 9.96 Å². The first kappa shape index (κ1) is 12.3. The van der Waals surface area contributed by atoms with E-state index in [2.05, 4.69) is 23.8 Å². The van der Waals surface area contributed by atoms with Gasteiger partial charge in [0, 0.05) is 32.2 Å². The van der Waals surface area contributed by atoms with Crippen molar-refractivity contribution in [2.45, 2.75) is 58.1 Å². The fraction of sp³-hybridized carbons (Fsp3) is 1.00. The fourth-order valence-corrected chi connectivity index (χ4v) is 2.68. The van der Waals surface area contributed by atoms with Gasteiger partial charge in [0.15, 0.2) is 0 Å². The normalized spacial score (nSPS) is 26.4. The van der Waals surface area contributed by atoms with Crippen molar-refractivity contribution in [2.24, 2.45) is 0 Å². The number of nitrogens with zero attached hydrogens (tertiary/aromatic N) is 2. The minimum atomic E-state index is 0.480. The third-order valence-electron chi connectivity index (χ3n) is 3.82. The molecule has 0 N–H and O–H groups in total. The van der Waals surface area contributed by atoms with Crippen molar-refractivity contribution in [2.75, 3.05) is 26.2 Å². The molecule has 3 heteroatoms. The SMILES string of the molecule is CC(C)N1CCC(ON2CCCCC2)CC1. The molecule has 2 aliphatic rings. The summed E-state index contributed by atoms with van der Waals surface area (Å²) in [6, 6.07) is 0.691. The first-order chi connectivity index (χ1) is 7.75. The summed E-state index contributed by atoms with van der Waals surface area (Å²) in [7, 11) is 0. The molecule has 3 nitrogen and oxygen atoms in total. The standard InChI is InChI=1S/C13H26N2O/c1-12(2)14-10-6-13(7-11-14)16-15-8-4-3-5-9-15/h12-13H,3-11H2,1-2H3. The van der Waals surface area contributed by atoms with Gasteiger partial charge in [0.1, 0.15) is 0 Å². The van der Waals surface area contributed by atoms with Gasteiger partial charge in [-0.2, -0.15) is 5.06 Å². The average molecular weight is 226 g/mol. The van der Waals surface area contributed by atoms with Crippen molar-refractivity contribution in [3.05, 3.63) is 0 Å². The molecule has 2 aliphatic heterocycles. The number of likely N-dealkylation sites (tertiary alicyclic amines) is 1. The monoisotopic (exact) mass is 226 g/mol. The maximum Gasteiger partial charge on any atom is 0.0817 e. The Morgan fingerprint density at radius 2 is 1.56 bits per heavy atom. The molecule has 2 heterocycles. The van der Waals surface area contributed by atoms with Crippen LogP contribution in [0.25, 0.3) is 0 Å². The van der Waals surface area contributed by atoms with Crippen LogP contribution in [-0.4, -0.2) is 48.3 Å². The van der Waals surface area contributed by atoms with E-state index in [1.54, 1.807) is 0 Å². The topological polar surface area (TPSA) is 15.7 Å². The maximum atomic E-state index is 6.07. The van der Waals surface area contributed by atoms with E-state index in [9.17, 15) is 0 Å². The number of rotatable bonds is 3. The van der Waals surface area contributed by atoms with Crippen molar-refractivity contribution >= 4 is 0 Å². The zero-order chi connectivity index (χ0) is 11.4. The molecule has 0 aromatic rings. The number of hydrogen-bond donors (Lipinski definition) is 0. The van der Waals surface area contributed by atoms with E-state index < -0.39 is 0 Å². The second kappa shape index (κ2) is 5.99. The lowest BCUT2D eigenvalue weighted by molar-refractivity contribution is -0.215. The highest BCUT2D eigenvalue weighted by molar-refractivity contribution is 4.74. The van der Waals surface area contributed by atoms with Gasteiger partial charge in [-0.25, -0.2) is 0 Å². The maximum absolute atomic E-state index is 6.07. The van der Waals surface area contributed by atoms with E-state index in [1.165, 1.54) is 45.2 Å². The van der Waals surface area contributed by atoms with Gasteiger partial charge in [0.25, 0.3) is 0 Å². The first-order valence-corrected chi connectivity index (χ1v) is 6.91. The summed E-state index contributed by atoms with van der Waals surface area (Å²) in [6.07, 6.45) is 6.89. The summed E-state index contributed by atoms with van der Waals surface area (Å²) < 4.78 is 0. The Morgan fingerprint density at radius 3 is 2.12 bits per heavy atom. The Labute approximate surface area is 99.7 Å². The summed E-state index contributed by atoms with van der Waals surface area (Å²) in [4.78, 5) is 8.62. The molecule has 0 amide bonds. The lowest BCUT2D eigenvalue weighted by Crippen LogP contribution is -2.43. The second-order valence-electron chi connectivity index (χ2n) is 5.42. The van der Waals surface area contributed by atoms with Crippen LogP contribution in [0.3, 0.4) is 0 Å². The first-order valence-electron chi connectivity index (χ1n) is 6.91. The van der Waals surface area contributed by atoms with Crippen LogP contribution in [0.5, 0.6) is 0 Å². The molecule has 0 aliphatic carbocycles. The Hall–Kier alpha value is -0.120. The van der Waals surface area contributed by atoms with Crippen LogP contribution in [0.4, 0.5) is 0 Å². The van der Waals surface area contributed by atoms with E-state index >= 15 is 0 Å². The summed E-state index contributed by atoms with van der Waals surface area (Å²) in [6.45, 7) is 9.26. The molecule has 0 aromatic heterocycles. The zero-order valence-electron chi connectivity index (χ0n) is 10.8. The molecule has 0 saturated carbocycles. The minimum absolute atomic E-state index is 0.480. The van der Waals surface area contributed by atoms with Gasteiger partial charge in [-0.1, -0.05) is 6.42 Å². The van der Waals surface area contributed by atoms with Crippen LogP contribution in [0.1, 0.15) is 46.0 Å². The van der Waals surface area contributed by atoms with Gasteiger partial charge in [-0.3, -0.25) is 4.84 Å². The average Bonchev–Trinajstić information content (AvgIpc) is 2.31. The van der Waals surface area contributed by atoms with Gasteiger partial charge in [-0.15, -0.1) is 0 Å². The Balaban J connectivity index is 1.68. The van der Waals surface area contributed by atoms with Crippen LogP contribution in [-0.2, 0) is 4.84 Å². The second-order valence-corrected chi connectivity index (χ2v) is 5.42. The van der Waals surface area contributed by atoms with Gasteiger partial charge in [0.2, 0.25) is 0 Å². The van der Waals surface area contributed by atoms with Gasteiger partial charge >= 0.3 is 0 Å². The molecule has 2 rings (SSSR count). The summed E-state index contributed by atoms with van der Waals surface area (Å²) >= 11 is 0. The molecular weight excluding hydrogens is 200 g/mol. The largest absolute Gasteiger partial charge is 0.301 e. The van der Waals surface area contributed by atoms with E-state index in [0.29, 0.717) is 12.1 Å². The van der Waals surface area contributed by atoms with E-state index in [4.69, 9.17) is 4.84 Å². The molecule has 94 valence electrons. The highest BCUT2D eigenvalue weighted by Gasteiger charge is 2.23. The van der Waals surface area contributed by atoms with Crippen molar-refractivity contribution in [1.29, 1.82) is 0 Å². The minimum Gasteiger partial charge on any atom is -0.301 e. The van der Waals surface area contributed by atoms with Gasteiger partial charge in [-0.05, 0) is 39.5 Å². The molecule has 0 bridgehead atoms. The van der Waals surface area contributed by atoms with E-state index in [1.807, 2.05) is 0 Å². The van der Waals surface area contributed by atoms with Crippen molar-refractivity contribution in [3.63, 3.8) is 0 Å². The fourth-order valence-electron chi connectivity index (χ4n) is 2.68. The highest BCUT2D eigenvalue weighted by atomic mass is 16.7. The Bertz CT molecular complexity index is 194. The van der Waals surface area contributed by atoms with Crippen LogP contribution in [0.2, 0.25) is 0 Å². The molecular formula is C13H26N2O. The van der Waals surface area contributed by atoms with Crippen molar-refractivity contribution < 1.29 is 4.84 Å². The highest BCUT2D eigenvalue weighted by Crippen LogP contribution is 2.19. The lowest BCUT2D eigenvalue weighted by atomic mass is 10.1. The zero-order valence-corrected chi connectivity index (χ0v) is 10.8. The third kappa shape index (κ3) is 3.44. The Kier molecular flexibility index (Phi) is 4.62. The van der Waals surface area contributed by atoms with Crippen LogP contribution < -0.4 is 0 Å². The summed E-state index contributed by atoms with van der Waals surface area (Å²) in [5, 5.41) is 2.21. The number of hydroxylamine groups is 2. The van der Waals surface area contributed by atoms with Gasteiger partial charge in [0.05, 0.1) is 6.10 Å². The smallest absolute Gasteiger partial charge is 0.0817 e. The van der Waals surface area contributed by atoms with Crippen LogP contribution >= 0.6 is 0 Å². The molecule has 2 saturated heterocycles. The quantitative estimate of drug-likeness (QED) is 0.734. The predicted octanol–water partition coefficient (Wildman–Crippen LogP) is 2.28. The molecule has 0 aromatic carbocycles. The van der Waals surface area contributed by atoms with Crippen LogP contribution in [0, 0.1) is 0 Å². The van der Waals surface area contributed by atoms with E-state index in [0.717, 1.165) is 13.1 Å². The van der Waals surface area contributed by atoms with Crippen molar-refractivity contribution in [3.8, 4) is 0 Å². The molecule has 0 atom stereocenters. The number of piperidine rings is 2. The third-order valence-corrected chi connectivity index (χ3v) is 3.82. The molecule has 2 fully saturated rings. The van der Waals surface area contributed by atoms with Crippen LogP contribution in [0.15, 0.2) is 0 Å². The molecule has 16 heavy (non-hydrogen) atoms. The number of hydrogen-bond acceptors (Lipinski definition) is 3. The predicted molar refractivity (Wildman–Crippen MR) is 66.2 cm³/mol. The lowest BCUT2D eigenvalue weighted by Gasteiger charge is -2.37. The Morgan fingerprint density at radius 1 is 0.938 bits per heavy atom. The van der Waals surface area contributed by atoms with Gasteiger partial charge < -0.3 is 4.90 Å². The molecule has 0 unspecified atom stereocenters.